The SMILES string of the molecule is Cn1ccc(C(NN)c2cccc3c2OCCC3)n1. The lowest BCUT2D eigenvalue weighted by Gasteiger charge is -2.24. The van der Waals surface area contributed by atoms with E-state index in [1.807, 2.05) is 25.4 Å². The van der Waals surface area contributed by atoms with Gasteiger partial charge in [0.1, 0.15) is 5.75 Å². The molecule has 1 atom stereocenters. The lowest BCUT2D eigenvalue weighted by Crippen LogP contribution is -2.30. The van der Waals surface area contributed by atoms with Gasteiger partial charge in [-0.2, -0.15) is 5.10 Å². The normalized spacial score (nSPS) is 15.7. The molecule has 100 valence electrons. The Bertz CT molecular complexity index is 579. The van der Waals surface area contributed by atoms with Crippen molar-refractivity contribution in [2.75, 3.05) is 6.61 Å². The number of hydrogen-bond acceptors (Lipinski definition) is 4. The van der Waals surface area contributed by atoms with E-state index >= 15 is 0 Å². The van der Waals surface area contributed by atoms with E-state index in [0.29, 0.717) is 0 Å². The van der Waals surface area contributed by atoms with Crippen LogP contribution in [0.2, 0.25) is 0 Å². The second kappa shape index (κ2) is 5.03. The number of nitrogens with one attached hydrogen (secondary N) is 1. The third kappa shape index (κ3) is 2.22. The average Bonchev–Trinajstić information content (AvgIpc) is 2.86. The van der Waals surface area contributed by atoms with Crippen LogP contribution in [0.4, 0.5) is 0 Å². The van der Waals surface area contributed by atoms with Crippen LogP contribution in [0.5, 0.6) is 5.75 Å². The molecular weight excluding hydrogens is 240 g/mol. The number of para-hydroxylation sites is 1. The molecule has 5 nitrogen and oxygen atoms in total. The second-order valence-electron chi connectivity index (χ2n) is 4.80. The van der Waals surface area contributed by atoms with Crippen LogP contribution in [0.15, 0.2) is 30.5 Å². The van der Waals surface area contributed by atoms with Crippen molar-refractivity contribution < 1.29 is 4.74 Å². The molecule has 0 aliphatic carbocycles. The Morgan fingerprint density at radius 2 is 2.32 bits per heavy atom. The Labute approximate surface area is 112 Å². The number of nitrogens with zero attached hydrogens (tertiary/aromatic N) is 2. The smallest absolute Gasteiger partial charge is 0.127 e. The third-order valence-electron chi connectivity index (χ3n) is 3.47. The van der Waals surface area contributed by atoms with Gasteiger partial charge in [0.25, 0.3) is 0 Å². The lowest BCUT2D eigenvalue weighted by molar-refractivity contribution is 0.283. The van der Waals surface area contributed by atoms with Gasteiger partial charge in [-0.25, -0.2) is 5.43 Å². The standard InChI is InChI=1S/C14H18N4O/c1-18-8-7-12(17-18)13(16-15)11-6-2-4-10-5-3-9-19-14(10)11/h2,4,6-8,13,16H,3,5,9,15H2,1H3. The van der Waals surface area contributed by atoms with Crippen LogP contribution in [0.1, 0.15) is 29.3 Å². The molecule has 1 aliphatic heterocycles. The molecule has 0 saturated heterocycles. The molecule has 1 aromatic carbocycles. The molecule has 0 fully saturated rings. The molecule has 1 unspecified atom stereocenters. The minimum atomic E-state index is -0.144. The van der Waals surface area contributed by atoms with Gasteiger partial charge in [-0.3, -0.25) is 10.5 Å². The maximum Gasteiger partial charge on any atom is 0.127 e. The summed E-state index contributed by atoms with van der Waals surface area (Å²) in [6.07, 6.45) is 4.04. The molecule has 5 heteroatoms. The minimum absolute atomic E-state index is 0.144. The summed E-state index contributed by atoms with van der Waals surface area (Å²) in [4.78, 5) is 0. The predicted molar refractivity (Wildman–Crippen MR) is 72.6 cm³/mol. The topological polar surface area (TPSA) is 65.1 Å². The first-order valence-corrected chi connectivity index (χ1v) is 6.50. The van der Waals surface area contributed by atoms with Crippen molar-refractivity contribution >= 4 is 0 Å². The number of benzene rings is 1. The zero-order valence-electron chi connectivity index (χ0n) is 11.0. The zero-order valence-corrected chi connectivity index (χ0v) is 11.0. The number of ether oxygens (including phenoxy) is 1. The Morgan fingerprint density at radius 1 is 1.42 bits per heavy atom. The van der Waals surface area contributed by atoms with Crippen LogP contribution in [0.25, 0.3) is 0 Å². The van der Waals surface area contributed by atoms with Gasteiger partial charge in [0.05, 0.1) is 18.3 Å². The minimum Gasteiger partial charge on any atom is -0.493 e. The Balaban J connectivity index is 2.04. The van der Waals surface area contributed by atoms with E-state index in [-0.39, 0.29) is 6.04 Å². The molecule has 2 aromatic rings. The number of rotatable bonds is 3. The van der Waals surface area contributed by atoms with Crippen molar-refractivity contribution in [3.63, 3.8) is 0 Å². The summed E-state index contributed by atoms with van der Waals surface area (Å²) < 4.78 is 7.61. The van der Waals surface area contributed by atoms with Crippen molar-refractivity contribution in [1.29, 1.82) is 0 Å². The lowest BCUT2D eigenvalue weighted by atomic mass is 9.97. The van der Waals surface area contributed by atoms with E-state index < -0.39 is 0 Å². The average molecular weight is 258 g/mol. The molecule has 3 rings (SSSR count). The second-order valence-corrected chi connectivity index (χ2v) is 4.80. The summed E-state index contributed by atoms with van der Waals surface area (Å²) in [5.41, 5.74) is 6.04. The summed E-state index contributed by atoms with van der Waals surface area (Å²) in [5.74, 6) is 6.68. The number of aryl methyl sites for hydroxylation is 2. The molecular formula is C14H18N4O. The quantitative estimate of drug-likeness (QED) is 0.643. The number of hydrazine groups is 1. The first-order valence-electron chi connectivity index (χ1n) is 6.50. The van der Waals surface area contributed by atoms with E-state index in [1.54, 1.807) is 4.68 Å². The summed E-state index contributed by atoms with van der Waals surface area (Å²) in [6.45, 7) is 0.767. The van der Waals surface area contributed by atoms with Crippen LogP contribution in [-0.4, -0.2) is 16.4 Å². The molecule has 0 bridgehead atoms. The van der Waals surface area contributed by atoms with E-state index in [4.69, 9.17) is 10.6 Å². The van der Waals surface area contributed by atoms with E-state index in [9.17, 15) is 0 Å². The van der Waals surface area contributed by atoms with Crippen molar-refractivity contribution in [1.82, 2.24) is 15.2 Å². The van der Waals surface area contributed by atoms with Crippen LogP contribution in [-0.2, 0) is 13.5 Å². The number of fused-ring (bicyclic) bond motifs is 1. The summed E-state index contributed by atoms with van der Waals surface area (Å²) >= 11 is 0. The van der Waals surface area contributed by atoms with Gasteiger partial charge in [0.15, 0.2) is 0 Å². The van der Waals surface area contributed by atoms with Gasteiger partial charge < -0.3 is 4.74 Å². The first kappa shape index (κ1) is 12.2. The molecule has 3 N–H and O–H groups in total. The molecule has 0 radical (unpaired) electrons. The molecule has 0 spiro atoms. The Morgan fingerprint density at radius 3 is 3.05 bits per heavy atom. The highest BCUT2D eigenvalue weighted by Gasteiger charge is 2.22. The van der Waals surface area contributed by atoms with Crippen LogP contribution >= 0.6 is 0 Å². The van der Waals surface area contributed by atoms with E-state index in [2.05, 4.69) is 22.7 Å². The predicted octanol–water partition coefficient (Wildman–Crippen LogP) is 1.30. The number of nitrogens with two attached hydrogens (primary N) is 1. The summed E-state index contributed by atoms with van der Waals surface area (Å²) in [7, 11) is 1.90. The monoisotopic (exact) mass is 258 g/mol. The van der Waals surface area contributed by atoms with Crippen molar-refractivity contribution in [3.05, 3.63) is 47.3 Å². The van der Waals surface area contributed by atoms with Crippen LogP contribution < -0.4 is 16.0 Å². The fourth-order valence-electron chi connectivity index (χ4n) is 2.56. The van der Waals surface area contributed by atoms with Gasteiger partial charge in [0, 0.05) is 18.8 Å². The van der Waals surface area contributed by atoms with Crippen molar-refractivity contribution in [3.8, 4) is 5.75 Å². The molecule has 1 aromatic heterocycles. The van der Waals surface area contributed by atoms with Gasteiger partial charge in [-0.15, -0.1) is 0 Å². The highest BCUT2D eigenvalue weighted by atomic mass is 16.5. The van der Waals surface area contributed by atoms with Gasteiger partial charge >= 0.3 is 0 Å². The third-order valence-corrected chi connectivity index (χ3v) is 3.47. The number of hydrogen-bond donors (Lipinski definition) is 2. The van der Waals surface area contributed by atoms with Crippen molar-refractivity contribution in [2.24, 2.45) is 12.9 Å². The van der Waals surface area contributed by atoms with Crippen molar-refractivity contribution in [2.45, 2.75) is 18.9 Å². The molecule has 1 aliphatic rings. The van der Waals surface area contributed by atoms with Crippen LogP contribution in [0, 0.1) is 0 Å². The van der Waals surface area contributed by atoms with Gasteiger partial charge in [-0.1, -0.05) is 18.2 Å². The van der Waals surface area contributed by atoms with Crippen LogP contribution in [0.3, 0.4) is 0 Å². The van der Waals surface area contributed by atoms with E-state index in [1.165, 1.54) is 5.56 Å². The Kier molecular flexibility index (Phi) is 3.23. The fourth-order valence-corrected chi connectivity index (χ4v) is 2.56. The number of aromatic nitrogens is 2. The molecule has 19 heavy (non-hydrogen) atoms. The zero-order chi connectivity index (χ0) is 13.2. The highest BCUT2D eigenvalue weighted by Crippen LogP contribution is 2.34. The summed E-state index contributed by atoms with van der Waals surface area (Å²) in [6, 6.07) is 8.03. The highest BCUT2D eigenvalue weighted by molar-refractivity contribution is 5.46. The van der Waals surface area contributed by atoms with E-state index in [0.717, 1.165) is 36.5 Å². The molecule has 0 saturated carbocycles. The van der Waals surface area contributed by atoms with Gasteiger partial charge in [0.2, 0.25) is 0 Å². The maximum atomic E-state index is 5.84. The fraction of sp³-hybridized carbons (Fsp3) is 0.357. The summed E-state index contributed by atoms with van der Waals surface area (Å²) in [5, 5.41) is 4.43. The first-order chi connectivity index (χ1) is 9.29. The largest absolute Gasteiger partial charge is 0.493 e. The van der Waals surface area contributed by atoms with Gasteiger partial charge in [-0.05, 0) is 24.5 Å². The molecule has 2 heterocycles. The Hall–Kier alpha value is -1.85. The maximum absolute atomic E-state index is 5.84. The molecule has 0 amide bonds.